The molecule has 138 valence electrons. The Morgan fingerprint density at radius 2 is 1.96 bits per heavy atom. The number of nitrogens with one attached hydrogen (secondary N) is 1. The van der Waals surface area contributed by atoms with Crippen molar-refractivity contribution in [1.82, 2.24) is 4.90 Å². The van der Waals surface area contributed by atoms with E-state index in [1.165, 1.54) is 29.7 Å². The summed E-state index contributed by atoms with van der Waals surface area (Å²) in [6.45, 7) is 0.660. The van der Waals surface area contributed by atoms with Gasteiger partial charge in [-0.05, 0) is 54.8 Å². The fourth-order valence-corrected chi connectivity index (χ4v) is 4.14. The van der Waals surface area contributed by atoms with Gasteiger partial charge in [-0.1, -0.05) is 12.1 Å². The van der Waals surface area contributed by atoms with E-state index in [-0.39, 0.29) is 29.4 Å². The zero-order valence-electron chi connectivity index (χ0n) is 14.4. The standard InChI is InChI=1S/C20H17FN2O3S/c21-14-7-5-13(6-8-14)15-3-1-11-23(15)20(25)17-9-10-18(27-17)22-19(24)16-4-2-12-26-16/h2,4-10,12,15H,1,3,11H2,(H,22,24). The molecule has 2 amide bonds. The predicted molar refractivity (Wildman–Crippen MR) is 100 cm³/mol. The number of hydrogen-bond acceptors (Lipinski definition) is 4. The predicted octanol–water partition coefficient (Wildman–Crippen LogP) is 4.71. The van der Waals surface area contributed by atoms with Crippen molar-refractivity contribution in [2.75, 3.05) is 11.9 Å². The van der Waals surface area contributed by atoms with Gasteiger partial charge in [-0.2, -0.15) is 0 Å². The zero-order valence-corrected chi connectivity index (χ0v) is 15.2. The van der Waals surface area contributed by atoms with Gasteiger partial charge < -0.3 is 14.6 Å². The molecule has 0 aliphatic carbocycles. The quantitative estimate of drug-likeness (QED) is 0.709. The van der Waals surface area contributed by atoms with Crippen LogP contribution in [0.25, 0.3) is 0 Å². The van der Waals surface area contributed by atoms with Crippen LogP contribution in [-0.4, -0.2) is 23.3 Å². The van der Waals surface area contributed by atoms with Crippen LogP contribution in [-0.2, 0) is 0 Å². The van der Waals surface area contributed by atoms with Crippen molar-refractivity contribution in [3.8, 4) is 0 Å². The van der Waals surface area contributed by atoms with Gasteiger partial charge in [0.25, 0.3) is 11.8 Å². The Balaban J connectivity index is 1.48. The smallest absolute Gasteiger partial charge is 0.291 e. The van der Waals surface area contributed by atoms with E-state index in [0.717, 1.165) is 18.4 Å². The summed E-state index contributed by atoms with van der Waals surface area (Å²) in [5.41, 5.74) is 0.935. The first-order valence-corrected chi connectivity index (χ1v) is 9.44. The Bertz CT molecular complexity index is 950. The average Bonchev–Trinajstić information content (AvgIpc) is 3.42. The van der Waals surface area contributed by atoms with Crippen molar-refractivity contribution in [3.05, 3.63) is 76.8 Å². The number of carbonyl (C=O) groups is 2. The van der Waals surface area contributed by atoms with E-state index in [1.54, 1.807) is 36.4 Å². The maximum atomic E-state index is 13.2. The highest BCUT2D eigenvalue weighted by molar-refractivity contribution is 7.18. The first-order chi connectivity index (χ1) is 13.1. The molecule has 0 bridgehead atoms. The number of anilines is 1. The number of likely N-dealkylation sites (tertiary alicyclic amines) is 1. The zero-order chi connectivity index (χ0) is 18.8. The van der Waals surface area contributed by atoms with Crippen LogP contribution in [0.15, 0.2) is 59.2 Å². The summed E-state index contributed by atoms with van der Waals surface area (Å²) in [4.78, 5) is 27.4. The highest BCUT2D eigenvalue weighted by atomic mass is 32.1. The summed E-state index contributed by atoms with van der Waals surface area (Å²) in [5, 5.41) is 3.31. The molecule has 27 heavy (non-hydrogen) atoms. The maximum Gasteiger partial charge on any atom is 0.291 e. The summed E-state index contributed by atoms with van der Waals surface area (Å²) >= 11 is 1.23. The SMILES string of the molecule is O=C(Nc1ccc(C(=O)N2CCCC2c2ccc(F)cc2)s1)c1ccco1. The third-order valence-corrected chi connectivity index (χ3v) is 5.56. The summed E-state index contributed by atoms with van der Waals surface area (Å²) in [6, 6.07) is 12.9. The number of thiophene rings is 1. The molecule has 0 radical (unpaired) electrons. The number of rotatable bonds is 4. The highest BCUT2D eigenvalue weighted by Gasteiger charge is 2.31. The van der Waals surface area contributed by atoms with Gasteiger partial charge in [0.15, 0.2) is 5.76 Å². The average molecular weight is 384 g/mol. The maximum absolute atomic E-state index is 13.2. The molecule has 0 spiro atoms. The summed E-state index contributed by atoms with van der Waals surface area (Å²) in [5.74, 6) is -0.506. The molecule has 3 heterocycles. The minimum absolute atomic E-state index is 0.0543. The van der Waals surface area contributed by atoms with Gasteiger partial charge in [-0.15, -0.1) is 11.3 Å². The van der Waals surface area contributed by atoms with Crippen molar-refractivity contribution in [2.24, 2.45) is 0 Å². The minimum atomic E-state index is -0.355. The Kier molecular flexibility index (Phi) is 4.77. The van der Waals surface area contributed by atoms with Crippen LogP contribution in [0, 0.1) is 5.82 Å². The molecule has 4 rings (SSSR count). The molecule has 1 aliphatic rings. The summed E-state index contributed by atoms with van der Waals surface area (Å²) in [7, 11) is 0. The van der Waals surface area contributed by atoms with Crippen molar-refractivity contribution in [2.45, 2.75) is 18.9 Å². The lowest BCUT2D eigenvalue weighted by Gasteiger charge is -2.24. The fraction of sp³-hybridized carbons (Fsp3) is 0.200. The number of nitrogens with zero attached hydrogens (tertiary/aromatic N) is 1. The third-order valence-electron chi connectivity index (χ3n) is 4.57. The van der Waals surface area contributed by atoms with E-state index < -0.39 is 0 Å². The number of hydrogen-bond donors (Lipinski definition) is 1. The molecular formula is C20H17FN2O3S. The van der Waals surface area contributed by atoms with Crippen LogP contribution < -0.4 is 5.32 Å². The molecule has 0 saturated carbocycles. The molecule has 5 nitrogen and oxygen atoms in total. The first-order valence-electron chi connectivity index (χ1n) is 8.63. The monoisotopic (exact) mass is 384 g/mol. The Morgan fingerprint density at radius 1 is 1.15 bits per heavy atom. The van der Waals surface area contributed by atoms with E-state index >= 15 is 0 Å². The molecule has 1 unspecified atom stereocenters. The van der Waals surface area contributed by atoms with Crippen molar-refractivity contribution in [3.63, 3.8) is 0 Å². The second-order valence-electron chi connectivity index (χ2n) is 6.30. The molecule has 1 saturated heterocycles. The van der Waals surface area contributed by atoms with Crippen molar-refractivity contribution in [1.29, 1.82) is 0 Å². The van der Waals surface area contributed by atoms with Crippen LogP contribution >= 0.6 is 11.3 Å². The highest BCUT2D eigenvalue weighted by Crippen LogP contribution is 2.35. The lowest BCUT2D eigenvalue weighted by atomic mass is 10.0. The van der Waals surface area contributed by atoms with Crippen LogP contribution in [0.5, 0.6) is 0 Å². The van der Waals surface area contributed by atoms with Crippen LogP contribution in [0.3, 0.4) is 0 Å². The molecule has 1 aromatic carbocycles. The molecule has 1 atom stereocenters. The second kappa shape index (κ2) is 7.36. The summed E-state index contributed by atoms with van der Waals surface area (Å²) in [6.07, 6.45) is 3.19. The van der Waals surface area contributed by atoms with Crippen molar-refractivity contribution >= 4 is 28.2 Å². The lowest BCUT2D eigenvalue weighted by Crippen LogP contribution is -2.29. The molecule has 3 aromatic rings. The van der Waals surface area contributed by atoms with Crippen LogP contribution in [0.4, 0.5) is 9.39 Å². The van der Waals surface area contributed by atoms with E-state index in [1.807, 2.05) is 4.90 Å². The Hall–Kier alpha value is -2.93. The molecular weight excluding hydrogens is 367 g/mol. The van der Waals surface area contributed by atoms with Crippen LogP contribution in [0.1, 0.15) is 44.7 Å². The largest absolute Gasteiger partial charge is 0.459 e. The number of halogens is 1. The fourth-order valence-electron chi connectivity index (χ4n) is 3.28. The minimum Gasteiger partial charge on any atom is -0.459 e. The first kappa shape index (κ1) is 17.5. The molecule has 1 N–H and O–H groups in total. The van der Waals surface area contributed by atoms with E-state index in [4.69, 9.17) is 4.42 Å². The van der Waals surface area contributed by atoms with Gasteiger partial charge in [0.2, 0.25) is 0 Å². The van der Waals surface area contributed by atoms with Gasteiger partial charge in [0.1, 0.15) is 5.82 Å². The van der Waals surface area contributed by atoms with Crippen LogP contribution in [0.2, 0.25) is 0 Å². The van der Waals surface area contributed by atoms with E-state index in [2.05, 4.69) is 5.32 Å². The van der Waals surface area contributed by atoms with Gasteiger partial charge >= 0.3 is 0 Å². The Morgan fingerprint density at radius 3 is 2.70 bits per heavy atom. The Labute approximate surface area is 159 Å². The van der Waals surface area contributed by atoms with E-state index in [0.29, 0.717) is 16.4 Å². The third kappa shape index (κ3) is 3.64. The molecule has 1 aliphatic heterocycles. The molecule has 7 heteroatoms. The topological polar surface area (TPSA) is 62.6 Å². The lowest BCUT2D eigenvalue weighted by molar-refractivity contribution is 0.0740. The number of benzene rings is 1. The number of carbonyl (C=O) groups excluding carboxylic acids is 2. The van der Waals surface area contributed by atoms with Gasteiger partial charge in [0.05, 0.1) is 22.2 Å². The normalized spacial score (nSPS) is 16.5. The molecule has 1 fully saturated rings. The van der Waals surface area contributed by atoms with E-state index in [9.17, 15) is 14.0 Å². The van der Waals surface area contributed by atoms with Gasteiger partial charge in [-0.25, -0.2) is 4.39 Å². The number of furan rings is 1. The van der Waals surface area contributed by atoms with Gasteiger partial charge in [-0.3, -0.25) is 9.59 Å². The van der Waals surface area contributed by atoms with Crippen molar-refractivity contribution < 1.29 is 18.4 Å². The molecule has 2 aromatic heterocycles. The number of amides is 2. The summed E-state index contributed by atoms with van der Waals surface area (Å²) < 4.78 is 18.2. The second-order valence-corrected chi connectivity index (χ2v) is 7.39. The van der Waals surface area contributed by atoms with Gasteiger partial charge in [0, 0.05) is 6.54 Å².